The molecule has 6 unspecified atom stereocenters. The molecule has 19 nitrogen and oxygen atoms in total. The third-order valence-electron chi connectivity index (χ3n) is 17.9. The summed E-state index contributed by atoms with van der Waals surface area (Å²) in [5.74, 6) is 1.72. The van der Waals surface area contributed by atoms with Gasteiger partial charge in [0.25, 0.3) is 0 Å². The zero-order valence-electron chi connectivity index (χ0n) is 46.8. The highest BCUT2D eigenvalue weighted by Gasteiger charge is 2.45. The topological polar surface area (TPSA) is 225 Å². The quantitative estimate of drug-likeness (QED) is 0.0679. The minimum atomic E-state index is -0.803. The number of nitrogens with zero attached hydrogens (tertiary/aromatic N) is 10. The number of piperazine rings is 1. The number of nitrogen functional groups attached to an aromatic ring is 1. The third kappa shape index (κ3) is 11.8. The molecule has 5 N–H and O–H groups in total. The monoisotopic (exact) mass is 1120 g/mol. The van der Waals surface area contributed by atoms with E-state index in [1.54, 1.807) is 23.5 Å². The van der Waals surface area contributed by atoms with Gasteiger partial charge in [-0.05, 0) is 99.6 Å². The number of likely N-dealkylation sites (tertiary alicyclic amines) is 2. The fourth-order valence-electron chi connectivity index (χ4n) is 13.4. The molecule has 5 aliphatic heterocycles. The summed E-state index contributed by atoms with van der Waals surface area (Å²) in [7, 11) is 0. The van der Waals surface area contributed by atoms with Crippen molar-refractivity contribution in [2.45, 2.75) is 140 Å². The Morgan fingerprint density at radius 2 is 1.59 bits per heavy atom. The highest BCUT2D eigenvalue weighted by atomic mass is 32.1. The normalized spacial score (nSPS) is 24.4. The fraction of sp³-hybridized carbons (Fsp3) is 0.525. The number of fused-ring (bicyclic) bond motifs is 2. The van der Waals surface area contributed by atoms with Gasteiger partial charge in [0.05, 0.1) is 51.8 Å². The zero-order chi connectivity index (χ0) is 55.9. The van der Waals surface area contributed by atoms with Gasteiger partial charge in [0, 0.05) is 113 Å². The molecule has 0 spiro atoms. The molecular formula is C61H76N12O7S. The van der Waals surface area contributed by atoms with Crippen LogP contribution in [0.15, 0.2) is 89.0 Å². The number of hydrogen-bond acceptors (Lipinski definition) is 18. The number of anilines is 4. The minimum absolute atomic E-state index is 0.0845. The number of nitrogens with one attached hydrogen (secondary N) is 1. The summed E-state index contributed by atoms with van der Waals surface area (Å²) in [6.45, 7) is 14.4. The summed E-state index contributed by atoms with van der Waals surface area (Å²) in [6.07, 6.45) is 9.84. The molecule has 6 aromatic rings. The molecule has 2 amide bonds. The van der Waals surface area contributed by atoms with E-state index in [1.165, 1.54) is 4.90 Å². The summed E-state index contributed by atoms with van der Waals surface area (Å²) in [5.41, 5.74) is 14.5. The number of pyridine rings is 1. The molecule has 1 saturated carbocycles. The molecule has 12 rings (SSSR count). The number of ether oxygens (including phenoxy) is 2. The Morgan fingerprint density at radius 3 is 2.31 bits per heavy atom. The van der Waals surface area contributed by atoms with Crippen molar-refractivity contribution in [3.05, 3.63) is 102 Å². The van der Waals surface area contributed by atoms with Crippen LogP contribution >= 0.6 is 11.3 Å². The lowest BCUT2D eigenvalue weighted by Gasteiger charge is -2.43. The maximum atomic E-state index is 14.4. The van der Waals surface area contributed by atoms with Crippen LogP contribution in [-0.2, 0) is 14.3 Å². The summed E-state index contributed by atoms with van der Waals surface area (Å²) in [4.78, 5) is 49.6. The first-order chi connectivity index (χ1) is 39.3. The van der Waals surface area contributed by atoms with Gasteiger partial charge in [0.2, 0.25) is 17.7 Å². The van der Waals surface area contributed by atoms with Crippen LogP contribution in [0, 0.1) is 18.8 Å². The van der Waals surface area contributed by atoms with E-state index in [9.17, 15) is 19.8 Å². The van der Waals surface area contributed by atoms with E-state index in [4.69, 9.17) is 19.7 Å². The van der Waals surface area contributed by atoms with Gasteiger partial charge in [-0.15, -0.1) is 21.5 Å². The van der Waals surface area contributed by atoms with E-state index in [0.717, 1.165) is 136 Å². The Kier molecular flexibility index (Phi) is 15.9. The number of amides is 2. The molecule has 6 aliphatic rings. The number of carbonyl (C=O) groups is 2. The molecule has 6 fully saturated rings. The van der Waals surface area contributed by atoms with Crippen molar-refractivity contribution in [1.29, 1.82) is 0 Å². The maximum Gasteiger partial charge on any atom is 0.243 e. The second-order valence-electron chi connectivity index (χ2n) is 23.8. The van der Waals surface area contributed by atoms with Crippen LogP contribution in [0.5, 0.6) is 11.6 Å². The summed E-state index contributed by atoms with van der Waals surface area (Å²) in [6, 6.07) is 22.8. The predicted octanol–water partition coefficient (Wildman–Crippen LogP) is 7.99. The Labute approximate surface area is 477 Å². The molecule has 9 heterocycles. The van der Waals surface area contributed by atoms with Crippen molar-refractivity contribution >= 4 is 46.2 Å². The average Bonchev–Trinajstić information content (AvgIpc) is 4.28. The van der Waals surface area contributed by atoms with Crippen LogP contribution in [-0.4, -0.2) is 152 Å². The van der Waals surface area contributed by atoms with Crippen LogP contribution < -0.4 is 30.5 Å². The number of para-hydroxylation sites is 1. The first-order valence-electron chi connectivity index (χ1n) is 29.2. The number of phenols is 1. The van der Waals surface area contributed by atoms with E-state index in [0.29, 0.717) is 46.7 Å². The van der Waals surface area contributed by atoms with Crippen molar-refractivity contribution < 1.29 is 33.8 Å². The number of aromatic nitrogens is 5. The van der Waals surface area contributed by atoms with E-state index in [1.807, 2.05) is 87.9 Å². The number of benzene rings is 2. The number of carbonyl (C=O) groups excluding carboxylic acids is 2. The molecule has 4 aromatic heterocycles. The van der Waals surface area contributed by atoms with Gasteiger partial charge in [0.1, 0.15) is 23.8 Å². The lowest BCUT2D eigenvalue weighted by atomic mass is 9.91. The second-order valence-corrected chi connectivity index (χ2v) is 24.6. The molecule has 2 bridgehead atoms. The second kappa shape index (κ2) is 23.5. The lowest BCUT2D eigenvalue weighted by molar-refractivity contribution is -0.141. The lowest BCUT2D eigenvalue weighted by Crippen LogP contribution is -2.54. The van der Waals surface area contributed by atoms with Crippen LogP contribution in [0.1, 0.15) is 108 Å². The summed E-state index contributed by atoms with van der Waals surface area (Å²) < 4.78 is 19.1. The average molecular weight is 1120 g/mol. The van der Waals surface area contributed by atoms with Crippen LogP contribution in [0.4, 0.5) is 23.0 Å². The van der Waals surface area contributed by atoms with Crippen LogP contribution in [0.3, 0.4) is 0 Å². The van der Waals surface area contributed by atoms with E-state index in [2.05, 4.69) is 62.4 Å². The van der Waals surface area contributed by atoms with Crippen molar-refractivity contribution in [3.63, 3.8) is 0 Å². The van der Waals surface area contributed by atoms with E-state index in [-0.39, 0.29) is 60.8 Å². The van der Waals surface area contributed by atoms with Crippen molar-refractivity contribution in [1.82, 2.24) is 40.4 Å². The molecule has 20 heteroatoms. The first-order valence-corrected chi connectivity index (χ1v) is 30.1. The number of phenolic OH excluding ortho intramolecular Hbond substituents is 1. The number of β-amino-alcohol motifs (C(OH)–C–C–N with tert-alkyl or cyclic N) is 1. The number of aliphatic hydroxyl groups is 1. The summed E-state index contributed by atoms with van der Waals surface area (Å²) >= 11 is 1.60. The number of rotatable bonds is 17. The van der Waals surface area contributed by atoms with Gasteiger partial charge in [0.15, 0.2) is 17.4 Å². The smallest absolute Gasteiger partial charge is 0.243 e. The maximum absolute atomic E-state index is 14.4. The Balaban J connectivity index is 0.564. The van der Waals surface area contributed by atoms with Crippen LogP contribution in [0.25, 0.3) is 21.7 Å². The van der Waals surface area contributed by atoms with Gasteiger partial charge in [-0.1, -0.05) is 55.4 Å². The molecule has 6 atom stereocenters. The number of aliphatic hydroxyl groups excluding tert-OH is 1. The fourth-order valence-corrected chi connectivity index (χ4v) is 14.2. The Morgan fingerprint density at radius 1 is 0.840 bits per heavy atom. The molecule has 81 heavy (non-hydrogen) atoms. The molecule has 428 valence electrons. The molecule has 0 radical (unpaired) electrons. The molecular weight excluding hydrogens is 1040 g/mol. The predicted molar refractivity (Wildman–Crippen MR) is 311 cm³/mol. The number of piperidine rings is 2. The molecule has 5 saturated heterocycles. The Bertz CT molecular complexity index is 3140. The zero-order valence-corrected chi connectivity index (χ0v) is 47.7. The van der Waals surface area contributed by atoms with Gasteiger partial charge in [-0.25, -0.2) is 9.97 Å². The third-order valence-corrected chi connectivity index (χ3v) is 18.9. The van der Waals surface area contributed by atoms with E-state index < -0.39 is 18.1 Å². The number of aryl methyl sites for hydroxylation is 1. The largest absolute Gasteiger partial charge is 0.507 e. The number of aromatic hydroxyl groups is 1. The molecule has 2 aromatic carbocycles. The Hall–Kier alpha value is -6.87. The van der Waals surface area contributed by atoms with Crippen molar-refractivity contribution in [2.75, 3.05) is 72.8 Å². The number of nitrogens with two attached hydrogens (primary N) is 1. The first kappa shape index (κ1) is 54.7. The summed E-state index contributed by atoms with van der Waals surface area (Å²) in [5, 5.41) is 37.5. The SMILES string of the molecule is Cc1ncsc1-c1ccc(C(C)NC(=O)C2CC(O)CN2C(=O)C(c2cc(N3CCC(CN4CCC(OC5CC(Oc6cc(N7C8CCC7CN(c7cc(-c9ccccc9O)nnc7N)C8)ccn6)C5)CC4)CC3)no2)C(C)C)cc1. The number of hydrogen-bond donors (Lipinski definition) is 4. The van der Waals surface area contributed by atoms with Gasteiger partial charge < -0.3 is 59.8 Å². The standard InChI is InChI=1S/C61H76N12O7S/c1-36(2)57(61(77)72-34-45(74)26-52(72)60(76)65-37(3)40-9-11-41(12-10-40)58-38(4)64-35-81-58)54-30-55(68-80-54)70-23-16-39(17-24-70)31-69-21-18-46(19-22-69)78-47-27-48(28-47)79-56-25-42(15-20-63-56)73-43-13-14-44(73)33-71(32-43)51-29-50(66-67-59(51)62)49-7-5-6-8-53(49)75/h5-12,15,20,25,29-30,35-37,39,43-48,52,57,74-75H,13-14,16-19,21-24,26-28,31-34H2,1-4H3,(H2,62,67)(H,65,76). The van der Waals surface area contributed by atoms with Crippen LogP contribution in [0.2, 0.25) is 0 Å². The van der Waals surface area contributed by atoms with Crippen molar-refractivity contribution in [3.8, 4) is 33.3 Å². The van der Waals surface area contributed by atoms with Gasteiger partial charge >= 0.3 is 0 Å². The van der Waals surface area contributed by atoms with Gasteiger partial charge in [-0.2, -0.15) is 0 Å². The highest BCUT2D eigenvalue weighted by molar-refractivity contribution is 7.13. The minimum Gasteiger partial charge on any atom is -0.507 e. The van der Waals surface area contributed by atoms with Gasteiger partial charge in [-0.3, -0.25) is 9.59 Å². The highest BCUT2D eigenvalue weighted by Crippen LogP contribution is 2.41. The number of thiazole rings is 1. The van der Waals surface area contributed by atoms with Crippen molar-refractivity contribution in [2.24, 2.45) is 11.8 Å². The van der Waals surface area contributed by atoms with E-state index >= 15 is 0 Å². The molecule has 1 aliphatic carbocycles.